The summed E-state index contributed by atoms with van der Waals surface area (Å²) in [5.74, 6) is 2.09. The van der Waals surface area contributed by atoms with Crippen LogP contribution in [0.3, 0.4) is 0 Å². The van der Waals surface area contributed by atoms with Gasteiger partial charge in [-0.05, 0) is 25.5 Å². The molecule has 0 bridgehead atoms. The van der Waals surface area contributed by atoms with Gasteiger partial charge in [-0.1, -0.05) is 39.0 Å². The van der Waals surface area contributed by atoms with Crippen LogP contribution in [0, 0.1) is 0 Å². The average Bonchev–Trinajstić information content (AvgIpc) is 3.16. The number of oxazole rings is 1. The maximum atomic E-state index is 12.0. The van der Waals surface area contributed by atoms with Crippen LogP contribution in [0.15, 0.2) is 45.9 Å². The summed E-state index contributed by atoms with van der Waals surface area (Å²) in [6.07, 6.45) is 2.55. The number of aromatic nitrogens is 1. The summed E-state index contributed by atoms with van der Waals surface area (Å²) in [5.41, 5.74) is 0.605. The summed E-state index contributed by atoms with van der Waals surface area (Å²) in [7, 11) is 0. The lowest BCUT2D eigenvalue weighted by atomic mass is 9.94. The van der Waals surface area contributed by atoms with Crippen LogP contribution in [0.1, 0.15) is 56.1 Å². The van der Waals surface area contributed by atoms with Gasteiger partial charge in [0, 0.05) is 30.6 Å². The number of benzene rings is 1. The highest BCUT2D eigenvalue weighted by molar-refractivity contribution is 14.0. The van der Waals surface area contributed by atoms with E-state index in [-0.39, 0.29) is 35.3 Å². The van der Waals surface area contributed by atoms with Gasteiger partial charge >= 0.3 is 0 Å². The number of aliphatic imine (C=N–C) groups is 1. The van der Waals surface area contributed by atoms with E-state index in [4.69, 9.17) is 4.42 Å². The van der Waals surface area contributed by atoms with Crippen molar-refractivity contribution in [1.29, 1.82) is 0 Å². The fourth-order valence-corrected chi connectivity index (χ4v) is 2.41. The van der Waals surface area contributed by atoms with E-state index < -0.39 is 0 Å². The van der Waals surface area contributed by atoms with E-state index in [1.54, 1.807) is 18.3 Å². The minimum absolute atomic E-state index is 0. The zero-order chi connectivity index (χ0) is 20.4. The van der Waals surface area contributed by atoms with E-state index in [1.165, 1.54) is 0 Å². The van der Waals surface area contributed by atoms with Crippen molar-refractivity contribution in [2.45, 2.75) is 46.1 Å². The average molecular weight is 513 g/mol. The third kappa shape index (κ3) is 8.84. The van der Waals surface area contributed by atoms with Gasteiger partial charge in [0.2, 0.25) is 5.89 Å². The number of nitrogens with one attached hydrogen (secondary N) is 3. The molecule has 1 heterocycles. The van der Waals surface area contributed by atoms with Crippen LogP contribution in [-0.2, 0) is 12.0 Å². The van der Waals surface area contributed by atoms with Crippen molar-refractivity contribution >= 4 is 35.8 Å². The SMILES string of the molecule is CCNC(=NCc1ncc(C(C)(C)C)o1)NCCCNC(=O)c1ccccc1.I. The number of carbonyl (C=O) groups excluding carboxylic acids is 1. The smallest absolute Gasteiger partial charge is 0.251 e. The quantitative estimate of drug-likeness (QED) is 0.218. The first kappa shape index (κ1) is 24.9. The summed E-state index contributed by atoms with van der Waals surface area (Å²) in [5, 5.41) is 9.37. The molecule has 1 aromatic carbocycles. The summed E-state index contributed by atoms with van der Waals surface area (Å²) in [6.45, 7) is 10.7. The van der Waals surface area contributed by atoms with Crippen molar-refractivity contribution < 1.29 is 9.21 Å². The van der Waals surface area contributed by atoms with Crippen molar-refractivity contribution in [3.63, 3.8) is 0 Å². The second kappa shape index (κ2) is 12.5. The van der Waals surface area contributed by atoms with Gasteiger partial charge in [-0.3, -0.25) is 4.79 Å². The molecule has 8 heteroatoms. The molecule has 0 aliphatic heterocycles. The highest BCUT2D eigenvalue weighted by Crippen LogP contribution is 2.22. The Bertz CT molecular complexity index is 769. The molecule has 29 heavy (non-hydrogen) atoms. The highest BCUT2D eigenvalue weighted by Gasteiger charge is 2.19. The van der Waals surface area contributed by atoms with Gasteiger partial charge in [-0.15, -0.1) is 24.0 Å². The molecule has 1 aromatic heterocycles. The minimum Gasteiger partial charge on any atom is -0.443 e. The van der Waals surface area contributed by atoms with Crippen LogP contribution in [-0.4, -0.2) is 36.5 Å². The van der Waals surface area contributed by atoms with Crippen molar-refractivity contribution in [3.05, 3.63) is 53.7 Å². The number of nitrogens with zero attached hydrogens (tertiary/aromatic N) is 2. The summed E-state index contributed by atoms with van der Waals surface area (Å²) in [4.78, 5) is 20.8. The van der Waals surface area contributed by atoms with Crippen molar-refractivity contribution in [2.24, 2.45) is 4.99 Å². The predicted octanol–water partition coefficient (Wildman–Crippen LogP) is 3.47. The first-order valence-electron chi connectivity index (χ1n) is 9.70. The molecule has 0 unspecified atom stereocenters. The van der Waals surface area contributed by atoms with Crippen LogP contribution in [0.2, 0.25) is 0 Å². The molecule has 0 atom stereocenters. The summed E-state index contributed by atoms with van der Waals surface area (Å²) in [6, 6.07) is 9.21. The monoisotopic (exact) mass is 513 g/mol. The molecule has 1 amide bonds. The Balaban J connectivity index is 0.00000420. The normalized spacial score (nSPS) is 11.5. The number of carbonyl (C=O) groups is 1. The van der Waals surface area contributed by atoms with Gasteiger partial charge in [0.15, 0.2) is 5.96 Å². The number of hydrogen-bond acceptors (Lipinski definition) is 4. The Morgan fingerprint density at radius 3 is 2.41 bits per heavy atom. The Kier molecular flexibility index (Phi) is 10.7. The molecule has 160 valence electrons. The number of amides is 1. The third-order valence-corrected chi connectivity index (χ3v) is 3.98. The molecule has 7 nitrogen and oxygen atoms in total. The molecular weight excluding hydrogens is 481 g/mol. The van der Waals surface area contributed by atoms with Gasteiger partial charge in [0.1, 0.15) is 12.3 Å². The van der Waals surface area contributed by atoms with E-state index in [9.17, 15) is 4.79 Å². The Labute approximate surface area is 190 Å². The van der Waals surface area contributed by atoms with Gasteiger partial charge in [-0.2, -0.15) is 0 Å². The standard InChI is InChI=1S/C21H31N5O2.HI/c1-5-22-20(26-15-18-25-14-17(28-18)21(2,3)4)24-13-9-12-23-19(27)16-10-7-6-8-11-16;/h6-8,10-11,14H,5,9,12-13,15H2,1-4H3,(H,23,27)(H2,22,24,26);1H. The minimum atomic E-state index is -0.0676. The van der Waals surface area contributed by atoms with Crippen LogP contribution >= 0.6 is 24.0 Å². The largest absolute Gasteiger partial charge is 0.443 e. The third-order valence-electron chi connectivity index (χ3n) is 3.98. The van der Waals surface area contributed by atoms with Gasteiger partial charge in [-0.25, -0.2) is 9.98 Å². The van der Waals surface area contributed by atoms with Crippen molar-refractivity contribution in [3.8, 4) is 0 Å². The van der Waals surface area contributed by atoms with E-state index in [0.29, 0.717) is 37.0 Å². The van der Waals surface area contributed by atoms with E-state index in [0.717, 1.165) is 18.7 Å². The van der Waals surface area contributed by atoms with Crippen LogP contribution in [0.25, 0.3) is 0 Å². The number of halogens is 1. The molecule has 0 saturated heterocycles. The molecular formula is C21H32IN5O2. The molecule has 0 spiro atoms. The first-order chi connectivity index (χ1) is 13.4. The number of guanidine groups is 1. The molecule has 2 aromatic rings. The van der Waals surface area contributed by atoms with E-state index in [1.807, 2.05) is 25.1 Å². The topological polar surface area (TPSA) is 91.6 Å². The van der Waals surface area contributed by atoms with Gasteiger partial charge in [0.25, 0.3) is 5.91 Å². The second-order valence-electron chi connectivity index (χ2n) is 7.47. The molecule has 3 N–H and O–H groups in total. The zero-order valence-corrected chi connectivity index (χ0v) is 19.9. The van der Waals surface area contributed by atoms with E-state index >= 15 is 0 Å². The maximum absolute atomic E-state index is 12.0. The number of hydrogen-bond donors (Lipinski definition) is 3. The lowest BCUT2D eigenvalue weighted by molar-refractivity contribution is 0.0953. The Hall–Kier alpha value is -2.10. The predicted molar refractivity (Wildman–Crippen MR) is 127 cm³/mol. The van der Waals surface area contributed by atoms with Crippen LogP contribution in [0.4, 0.5) is 0 Å². The zero-order valence-electron chi connectivity index (χ0n) is 17.6. The molecule has 0 aliphatic rings. The Morgan fingerprint density at radius 2 is 1.79 bits per heavy atom. The fraction of sp³-hybridized carbons (Fsp3) is 0.476. The maximum Gasteiger partial charge on any atom is 0.251 e. The lowest BCUT2D eigenvalue weighted by Gasteiger charge is -2.13. The summed E-state index contributed by atoms with van der Waals surface area (Å²) >= 11 is 0. The first-order valence-corrected chi connectivity index (χ1v) is 9.70. The molecule has 0 radical (unpaired) electrons. The highest BCUT2D eigenvalue weighted by atomic mass is 127. The van der Waals surface area contributed by atoms with Crippen LogP contribution in [0.5, 0.6) is 0 Å². The van der Waals surface area contributed by atoms with Crippen molar-refractivity contribution in [1.82, 2.24) is 20.9 Å². The van der Waals surface area contributed by atoms with E-state index in [2.05, 4.69) is 46.7 Å². The molecule has 0 aliphatic carbocycles. The Morgan fingerprint density at radius 1 is 1.10 bits per heavy atom. The summed E-state index contributed by atoms with van der Waals surface area (Å²) < 4.78 is 5.77. The van der Waals surface area contributed by atoms with Gasteiger partial charge in [0.05, 0.1) is 6.20 Å². The second-order valence-corrected chi connectivity index (χ2v) is 7.47. The molecule has 0 fully saturated rings. The van der Waals surface area contributed by atoms with Crippen molar-refractivity contribution in [2.75, 3.05) is 19.6 Å². The van der Waals surface area contributed by atoms with Crippen LogP contribution < -0.4 is 16.0 Å². The lowest BCUT2D eigenvalue weighted by Crippen LogP contribution is -2.38. The fourth-order valence-electron chi connectivity index (χ4n) is 2.41. The molecule has 2 rings (SSSR count). The molecule has 0 saturated carbocycles. The van der Waals surface area contributed by atoms with Gasteiger partial charge < -0.3 is 20.4 Å². The number of rotatable bonds is 8.